The zero-order valence-corrected chi connectivity index (χ0v) is 12.5. The summed E-state index contributed by atoms with van der Waals surface area (Å²) in [5.41, 5.74) is 3.92. The van der Waals surface area contributed by atoms with Gasteiger partial charge in [0.15, 0.2) is 0 Å². The third-order valence-electron chi connectivity index (χ3n) is 4.52. The number of pyridine rings is 1. The minimum Gasteiger partial charge on any atom is -0.391 e. The first-order chi connectivity index (χ1) is 11.2. The van der Waals surface area contributed by atoms with Crippen molar-refractivity contribution in [3.63, 3.8) is 0 Å². The van der Waals surface area contributed by atoms with Crippen LogP contribution in [0.3, 0.4) is 0 Å². The molecule has 3 aromatic rings. The average molecular weight is 308 g/mol. The highest BCUT2D eigenvalue weighted by atomic mass is 19.1. The second-order valence-electron chi connectivity index (χ2n) is 5.93. The van der Waals surface area contributed by atoms with E-state index in [0.29, 0.717) is 23.9 Å². The van der Waals surface area contributed by atoms with Gasteiger partial charge in [-0.05, 0) is 34.9 Å². The van der Waals surface area contributed by atoms with Crippen molar-refractivity contribution in [2.45, 2.75) is 25.1 Å². The van der Waals surface area contributed by atoms with Crippen LogP contribution in [0.25, 0.3) is 10.9 Å². The van der Waals surface area contributed by atoms with Crippen LogP contribution in [0.5, 0.6) is 0 Å². The fraction of sp³-hybridized carbons (Fsp3) is 0.211. The summed E-state index contributed by atoms with van der Waals surface area (Å²) >= 11 is 0. The van der Waals surface area contributed by atoms with Gasteiger partial charge in [0.1, 0.15) is 5.82 Å². The second kappa shape index (κ2) is 5.72. The Labute approximate surface area is 133 Å². The van der Waals surface area contributed by atoms with E-state index in [2.05, 4.69) is 16.4 Å². The molecule has 0 fully saturated rings. The van der Waals surface area contributed by atoms with Crippen molar-refractivity contribution in [2.24, 2.45) is 0 Å². The molecule has 0 saturated heterocycles. The van der Waals surface area contributed by atoms with Crippen molar-refractivity contribution in [1.29, 1.82) is 0 Å². The molecule has 0 radical (unpaired) electrons. The molecule has 2 aromatic carbocycles. The molecule has 0 saturated carbocycles. The van der Waals surface area contributed by atoms with Gasteiger partial charge in [0.25, 0.3) is 0 Å². The molecule has 4 heteroatoms. The first-order valence-corrected chi connectivity index (χ1v) is 7.75. The van der Waals surface area contributed by atoms with Crippen LogP contribution in [-0.2, 0) is 13.0 Å². The van der Waals surface area contributed by atoms with Crippen LogP contribution < -0.4 is 5.32 Å². The zero-order valence-electron chi connectivity index (χ0n) is 12.5. The Hall–Kier alpha value is -2.30. The standard InChI is InChI=1S/C19H17FN2O/c20-16-8-7-13(18-15(16)6-3-9-21-18)11-22-19-14-5-2-1-4-12(14)10-17(19)23/h1-9,17,19,22-23H,10-11H2/t17-,19+/m0/s1. The van der Waals surface area contributed by atoms with E-state index in [0.717, 1.165) is 11.1 Å². The summed E-state index contributed by atoms with van der Waals surface area (Å²) in [6.07, 6.45) is 1.90. The van der Waals surface area contributed by atoms with Crippen molar-refractivity contribution in [3.05, 3.63) is 77.2 Å². The largest absolute Gasteiger partial charge is 0.391 e. The highest BCUT2D eigenvalue weighted by Gasteiger charge is 2.30. The van der Waals surface area contributed by atoms with Crippen LogP contribution in [0.15, 0.2) is 54.7 Å². The van der Waals surface area contributed by atoms with E-state index in [4.69, 9.17) is 0 Å². The Morgan fingerprint density at radius 2 is 2.00 bits per heavy atom. The molecule has 1 heterocycles. The number of hydrogen-bond donors (Lipinski definition) is 2. The van der Waals surface area contributed by atoms with Gasteiger partial charge in [0.05, 0.1) is 17.7 Å². The van der Waals surface area contributed by atoms with Crippen LogP contribution >= 0.6 is 0 Å². The maximum Gasteiger partial charge on any atom is 0.132 e. The minimum atomic E-state index is -0.438. The molecule has 2 atom stereocenters. The van der Waals surface area contributed by atoms with Gasteiger partial charge in [0, 0.05) is 24.5 Å². The van der Waals surface area contributed by atoms with Crippen LogP contribution in [0.1, 0.15) is 22.7 Å². The molecule has 3 nitrogen and oxygen atoms in total. The Bertz CT molecular complexity index is 865. The van der Waals surface area contributed by atoms with E-state index < -0.39 is 6.10 Å². The summed E-state index contributed by atoms with van der Waals surface area (Å²) in [5, 5.41) is 14.2. The maximum atomic E-state index is 13.9. The number of aliphatic hydroxyl groups is 1. The monoisotopic (exact) mass is 308 g/mol. The molecule has 4 rings (SSSR count). The quantitative estimate of drug-likeness (QED) is 0.781. The van der Waals surface area contributed by atoms with Crippen molar-refractivity contribution in [1.82, 2.24) is 10.3 Å². The first-order valence-electron chi connectivity index (χ1n) is 7.75. The number of rotatable bonds is 3. The van der Waals surface area contributed by atoms with Gasteiger partial charge in [0.2, 0.25) is 0 Å². The summed E-state index contributed by atoms with van der Waals surface area (Å²) in [4.78, 5) is 4.31. The summed E-state index contributed by atoms with van der Waals surface area (Å²) in [6.45, 7) is 0.532. The summed E-state index contributed by atoms with van der Waals surface area (Å²) in [7, 11) is 0. The molecule has 1 aliphatic carbocycles. The Kier molecular flexibility index (Phi) is 3.56. The Balaban J connectivity index is 1.62. The van der Waals surface area contributed by atoms with Crippen molar-refractivity contribution < 1.29 is 9.50 Å². The smallest absolute Gasteiger partial charge is 0.132 e. The van der Waals surface area contributed by atoms with Gasteiger partial charge in [-0.3, -0.25) is 4.98 Å². The molecule has 2 N–H and O–H groups in total. The molecule has 23 heavy (non-hydrogen) atoms. The molecule has 0 unspecified atom stereocenters. The van der Waals surface area contributed by atoms with E-state index in [1.54, 1.807) is 24.4 Å². The van der Waals surface area contributed by atoms with Gasteiger partial charge >= 0.3 is 0 Å². The summed E-state index contributed by atoms with van der Waals surface area (Å²) in [5.74, 6) is -0.261. The maximum absolute atomic E-state index is 13.9. The Morgan fingerprint density at radius 1 is 1.13 bits per heavy atom. The molecular formula is C19H17FN2O. The number of fused-ring (bicyclic) bond motifs is 2. The van der Waals surface area contributed by atoms with E-state index >= 15 is 0 Å². The number of hydrogen-bond acceptors (Lipinski definition) is 3. The molecule has 1 aliphatic rings. The van der Waals surface area contributed by atoms with Gasteiger partial charge < -0.3 is 10.4 Å². The summed E-state index contributed by atoms with van der Waals surface area (Å²) in [6, 6.07) is 14.7. The molecule has 0 aliphatic heterocycles. The number of aliphatic hydroxyl groups excluding tert-OH is 1. The van der Waals surface area contributed by atoms with Crippen LogP contribution in [0.2, 0.25) is 0 Å². The number of nitrogens with zero attached hydrogens (tertiary/aromatic N) is 1. The normalized spacial score (nSPS) is 19.9. The van der Waals surface area contributed by atoms with E-state index in [1.807, 2.05) is 18.2 Å². The molecule has 0 amide bonds. The number of aromatic nitrogens is 1. The van der Waals surface area contributed by atoms with Crippen molar-refractivity contribution >= 4 is 10.9 Å². The van der Waals surface area contributed by atoms with Crippen LogP contribution in [-0.4, -0.2) is 16.2 Å². The van der Waals surface area contributed by atoms with Crippen molar-refractivity contribution in [2.75, 3.05) is 0 Å². The molecule has 0 spiro atoms. The number of benzene rings is 2. The molecule has 116 valence electrons. The lowest BCUT2D eigenvalue weighted by molar-refractivity contribution is 0.140. The van der Waals surface area contributed by atoms with Gasteiger partial charge in [-0.2, -0.15) is 0 Å². The van der Waals surface area contributed by atoms with Gasteiger partial charge in [-0.25, -0.2) is 4.39 Å². The average Bonchev–Trinajstić information content (AvgIpc) is 2.90. The second-order valence-corrected chi connectivity index (χ2v) is 5.93. The van der Waals surface area contributed by atoms with E-state index in [9.17, 15) is 9.50 Å². The molecule has 0 bridgehead atoms. The third-order valence-corrected chi connectivity index (χ3v) is 4.52. The fourth-order valence-electron chi connectivity index (χ4n) is 3.38. The van der Waals surface area contributed by atoms with Crippen LogP contribution in [0.4, 0.5) is 4.39 Å². The summed E-state index contributed by atoms with van der Waals surface area (Å²) < 4.78 is 13.9. The van der Waals surface area contributed by atoms with Gasteiger partial charge in [-0.1, -0.05) is 30.3 Å². The molecule has 1 aromatic heterocycles. The van der Waals surface area contributed by atoms with E-state index in [1.165, 1.54) is 11.6 Å². The van der Waals surface area contributed by atoms with Crippen molar-refractivity contribution in [3.8, 4) is 0 Å². The predicted molar refractivity (Wildman–Crippen MR) is 87.4 cm³/mol. The highest BCUT2D eigenvalue weighted by Crippen LogP contribution is 2.31. The fourth-order valence-corrected chi connectivity index (χ4v) is 3.38. The number of nitrogens with one attached hydrogen (secondary N) is 1. The lowest BCUT2D eigenvalue weighted by atomic mass is 10.1. The SMILES string of the molecule is O[C@H]1Cc2ccccc2[C@H]1NCc1ccc(F)c2cccnc12. The minimum absolute atomic E-state index is 0.102. The van der Waals surface area contributed by atoms with E-state index in [-0.39, 0.29) is 11.9 Å². The lowest BCUT2D eigenvalue weighted by Crippen LogP contribution is -2.28. The highest BCUT2D eigenvalue weighted by molar-refractivity contribution is 5.82. The zero-order chi connectivity index (χ0) is 15.8. The predicted octanol–water partition coefficient (Wildman–Crippen LogP) is 3.12. The lowest BCUT2D eigenvalue weighted by Gasteiger charge is -2.18. The third kappa shape index (κ3) is 2.50. The van der Waals surface area contributed by atoms with Crippen LogP contribution in [0, 0.1) is 5.82 Å². The number of halogens is 1. The molecular weight excluding hydrogens is 291 g/mol. The Morgan fingerprint density at radius 3 is 2.91 bits per heavy atom. The van der Waals surface area contributed by atoms with Gasteiger partial charge in [-0.15, -0.1) is 0 Å². The topological polar surface area (TPSA) is 45.1 Å². The first kappa shape index (κ1) is 14.3.